The number of nitrogens with one attached hydrogen (secondary N) is 1. The normalized spacial score (nSPS) is 11.5. The maximum absolute atomic E-state index is 11.9. The minimum absolute atomic E-state index is 0.0463. The van der Waals surface area contributed by atoms with Gasteiger partial charge in [0, 0.05) is 18.1 Å². The van der Waals surface area contributed by atoms with Gasteiger partial charge in [-0.25, -0.2) is 5.43 Å². The quantitative estimate of drug-likeness (QED) is 0.248. The third-order valence-electron chi connectivity index (χ3n) is 4.20. The molecular formula is C21H24BrN3O5. The third kappa shape index (κ3) is 6.84. The van der Waals surface area contributed by atoms with Gasteiger partial charge in [-0.1, -0.05) is 26.8 Å². The van der Waals surface area contributed by atoms with Crippen molar-refractivity contribution in [2.24, 2.45) is 5.10 Å². The lowest BCUT2D eigenvalue weighted by molar-refractivity contribution is -0.385. The fourth-order valence-electron chi connectivity index (χ4n) is 2.50. The Morgan fingerprint density at radius 1 is 1.30 bits per heavy atom. The Balaban J connectivity index is 1.77. The SMILES string of the molecule is CC(C)(C)c1ccc(OCCCC(=O)N/N=C/c2ccc(O)c([N+](=O)[O-])c2)c(Br)c1. The number of phenols is 1. The van der Waals surface area contributed by atoms with Crippen molar-refractivity contribution >= 4 is 33.7 Å². The van der Waals surface area contributed by atoms with Crippen LogP contribution in [-0.2, 0) is 10.2 Å². The number of carbonyl (C=O) groups is 1. The van der Waals surface area contributed by atoms with Crippen LogP contribution in [0.4, 0.5) is 5.69 Å². The lowest BCUT2D eigenvalue weighted by atomic mass is 9.87. The predicted molar refractivity (Wildman–Crippen MR) is 118 cm³/mol. The number of aromatic hydroxyl groups is 1. The fraction of sp³-hybridized carbons (Fsp3) is 0.333. The van der Waals surface area contributed by atoms with E-state index >= 15 is 0 Å². The van der Waals surface area contributed by atoms with E-state index in [1.165, 1.54) is 30.0 Å². The summed E-state index contributed by atoms with van der Waals surface area (Å²) in [5, 5.41) is 24.0. The van der Waals surface area contributed by atoms with Crippen LogP contribution in [0.25, 0.3) is 0 Å². The number of carbonyl (C=O) groups excluding carboxylic acids is 1. The smallest absolute Gasteiger partial charge is 0.311 e. The van der Waals surface area contributed by atoms with Gasteiger partial charge in [-0.05, 0) is 57.6 Å². The summed E-state index contributed by atoms with van der Waals surface area (Å²) in [5.41, 5.74) is 3.56. The minimum atomic E-state index is -0.694. The van der Waals surface area contributed by atoms with Crippen LogP contribution in [0, 0.1) is 10.1 Å². The van der Waals surface area contributed by atoms with Crippen molar-refractivity contribution in [2.75, 3.05) is 6.61 Å². The van der Waals surface area contributed by atoms with Gasteiger partial charge in [0.15, 0.2) is 5.75 Å². The Labute approximate surface area is 183 Å². The molecule has 0 fully saturated rings. The maximum atomic E-state index is 11.9. The van der Waals surface area contributed by atoms with Gasteiger partial charge in [0.2, 0.25) is 5.91 Å². The summed E-state index contributed by atoms with van der Waals surface area (Å²) in [7, 11) is 0. The van der Waals surface area contributed by atoms with Crippen molar-refractivity contribution in [3.05, 3.63) is 62.1 Å². The number of nitro benzene ring substituents is 1. The molecule has 0 aromatic heterocycles. The summed E-state index contributed by atoms with van der Waals surface area (Å²) >= 11 is 3.51. The zero-order chi connectivity index (χ0) is 22.3. The Morgan fingerprint density at radius 2 is 2.03 bits per heavy atom. The number of nitro groups is 1. The zero-order valence-electron chi connectivity index (χ0n) is 17.0. The molecule has 2 N–H and O–H groups in total. The van der Waals surface area contributed by atoms with Crippen LogP contribution in [0.15, 0.2) is 46.0 Å². The van der Waals surface area contributed by atoms with Crippen molar-refractivity contribution in [3.8, 4) is 11.5 Å². The molecule has 0 saturated heterocycles. The van der Waals surface area contributed by atoms with Crippen molar-refractivity contribution in [1.82, 2.24) is 5.43 Å². The van der Waals surface area contributed by atoms with Gasteiger partial charge in [0.1, 0.15) is 5.75 Å². The van der Waals surface area contributed by atoms with Gasteiger partial charge >= 0.3 is 5.69 Å². The van der Waals surface area contributed by atoms with Crippen molar-refractivity contribution in [2.45, 2.75) is 39.0 Å². The number of nitrogens with zero attached hydrogens (tertiary/aromatic N) is 2. The average molecular weight is 478 g/mol. The summed E-state index contributed by atoms with van der Waals surface area (Å²) in [6, 6.07) is 9.78. The molecule has 0 aliphatic rings. The van der Waals surface area contributed by atoms with Gasteiger partial charge in [-0.2, -0.15) is 5.10 Å². The van der Waals surface area contributed by atoms with E-state index in [4.69, 9.17) is 4.74 Å². The summed E-state index contributed by atoms with van der Waals surface area (Å²) in [6.45, 7) is 6.78. The van der Waals surface area contributed by atoms with Crippen molar-refractivity contribution in [1.29, 1.82) is 0 Å². The molecule has 0 bridgehead atoms. The second-order valence-electron chi connectivity index (χ2n) is 7.65. The molecule has 1 amide bonds. The fourth-order valence-corrected chi connectivity index (χ4v) is 2.99. The number of benzene rings is 2. The highest BCUT2D eigenvalue weighted by Crippen LogP contribution is 2.31. The van der Waals surface area contributed by atoms with Gasteiger partial charge in [-0.15, -0.1) is 0 Å². The molecule has 9 heteroatoms. The van der Waals surface area contributed by atoms with E-state index in [1.807, 2.05) is 18.2 Å². The summed E-state index contributed by atoms with van der Waals surface area (Å²) in [4.78, 5) is 22.0. The monoisotopic (exact) mass is 477 g/mol. The van der Waals surface area contributed by atoms with Crippen molar-refractivity contribution < 1.29 is 19.6 Å². The first-order chi connectivity index (χ1) is 14.1. The zero-order valence-corrected chi connectivity index (χ0v) is 18.6. The highest BCUT2D eigenvalue weighted by molar-refractivity contribution is 9.10. The number of hydrogen-bond donors (Lipinski definition) is 2. The first-order valence-corrected chi connectivity index (χ1v) is 10.1. The standard InChI is InChI=1S/C21H24BrN3O5/c1-21(2,3)15-7-9-19(16(22)12-15)30-10-4-5-20(27)24-23-13-14-6-8-18(26)17(11-14)25(28)29/h6-9,11-13,26H,4-5,10H2,1-3H3,(H,24,27)/b23-13+. The van der Waals surface area contributed by atoms with Crippen molar-refractivity contribution in [3.63, 3.8) is 0 Å². The van der Waals surface area contributed by atoms with Gasteiger partial charge in [-0.3, -0.25) is 14.9 Å². The largest absolute Gasteiger partial charge is 0.502 e. The van der Waals surface area contributed by atoms with Crippen LogP contribution in [0.1, 0.15) is 44.7 Å². The van der Waals surface area contributed by atoms with E-state index in [2.05, 4.69) is 47.2 Å². The molecule has 2 aromatic rings. The highest BCUT2D eigenvalue weighted by atomic mass is 79.9. The topological polar surface area (TPSA) is 114 Å². The summed E-state index contributed by atoms with van der Waals surface area (Å²) in [5.74, 6) is -0.0125. The molecule has 0 atom stereocenters. The number of rotatable bonds is 8. The number of amides is 1. The molecule has 0 radical (unpaired) electrons. The Bertz CT molecular complexity index is 954. The summed E-state index contributed by atoms with van der Waals surface area (Å²) in [6.07, 6.45) is 1.99. The lowest BCUT2D eigenvalue weighted by Gasteiger charge is -2.20. The predicted octanol–water partition coefficient (Wildman–Crippen LogP) is 4.67. The number of hydrogen-bond acceptors (Lipinski definition) is 6. The average Bonchev–Trinajstić information content (AvgIpc) is 2.66. The molecule has 0 aliphatic heterocycles. The molecule has 8 nitrogen and oxygen atoms in total. The Hall–Kier alpha value is -2.94. The van der Waals surface area contributed by atoms with Crippen LogP contribution in [-0.4, -0.2) is 28.8 Å². The van der Waals surface area contributed by atoms with E-state index in [0.717, 1.165) is 10.2 Å². The van der Waals surface area contributed by atoms with E-state index < -0.39 is 16.4 Å². The van der Waals surface area contributed by atoms with E-state index in [1.54, 1.807) is 0 Å². The first-order valence-electron chi connectivity index (χ1n) is 9.30. The number of halogens is 1. The Kier molecular flexibility index (Phi) is 7.93. The van der Waals surface area contributed by atoms with E-state index in [-0.39, 0.29) is 17.7 Å². The first kappa shape index (κ1) is 23.3. The highest BCUT2D eigenvalue weighted by Gasteiger charge is 2.15. The third-order valence-corrected chi connectivity index (χ3v) is 4.82. The minimum Gasteiger partial charge on any atom is -0.502 e. The van der Waals surface area contributed by atoms with Gasteiger partial charge < -0.3 is 9.84 Å². The molecule has 30 heavy (non-hydrogen) atoms. The molecule has 160 valence electrons. The molecule has 2 rings (SSSR count). The van der Waals surface area contributed by atoms with E-state index in [0.29, 0.717) is 18.6 Å². The molecule has 0 aliphatic carbocycles. The van der Waals surface area contributed by atoms with Crippen LogP contribution in [0.2, 0.25) is 0 Å². The summed E-state index contributed by atoms with van der Waals surface area (Å²) < 4.78 is 6.59. The lowest BCUT2D eigenvalue weighted by Crippen LogP contribution is -2.18. The van der Waals surface area contributed by atoms with Gasteiger partial charge in [0.25, 0.3) is 0 Å². The molecule has 2 aromatic carbocycles. The number of phenolic OH excluding ortho intramolecular Hbond substituents is 1. The number of ether oxygens (including phenoxy) is 1. The van der Waals surface area contributed by atoms with Crippen LogP contribution < -0.4 is 10.2 Å². The van der Waals surface area contributed by atoms with Crippen LogP contribution >= 0.6 is 15.9 Å². The second-order valence-corrected chi connectivity index (χ2v) is 8.50. The molecular weight excluding hydrogens is 454 g/mol. The van der Waals surface area contributed by atoms with Crippen LogP contribution in [0.3, 0.4) is 0 Å². The molecule has 0 unspecified atom stereocenters. The molecule has 0 spiro atoms. The molecule has 0 saturated carbocycles. The van der Waals surface area contributed by atoms with E-state index in [9.17, 15) is 20.0 Å². The molecule has 0 heterocycles. The number of hydrazone groups is 1. The maximum Gasteiger partial charge on any atom is 0.311 e. The Morgan fingerprint density at radius 3 is 2.67 bits per heavy atom. The van der Waals surface area contributed by atoms with Crippen LogP contribution in [0.5, 0.6) is 11.5 Å². The van der Waals surface area contributed by atoms with Gasteiger partial charge in [0.05, 0.1) is 22.2 Å². The second kappa shape index (κ2) is 10.2.